The van der Waals surface area contributed by atoms with Gasteiger partial charge in [0.2, 0.25) is 0 Å². The molecule has 2 N–H and O–H groups in total. The number of aromatic carboxylic acids is 1. The molecule has 37 heavy (non-hydrogen) atoms. The van der Waals surface area contributed by atoms with Crippen LogP contribution in [0.4, 0.5) is 5.69 Å². The first-order valence-corrected chi connectivity index (χ1v) is 13.6. The van der Waals surface area contributed by atoms with Crippen LogP contribution in [-0.4, -0.2) is 39.1 Å². The lowest BCUT2D eigenvalue weighted by atomic mass is 9.96. The monoisotopic (exact) mass is 511 g/mol. The summed E-state index contributed by atoms with van der Waals surface area (Å²) in [5.74, 6) is 0.748. The molecule has 0 saturated carbocycles. The Kier molecular flexibility index (Phi) is 6.64. The summed E-state index contributed by atoms with van der Waals surface area (Å²) in [5, 5.41) is 15.9. The van der Waals surface area contributed by atoms with Crippen molar-refractivity contribution in [1.29, 1.82) is 0 Å². The van der Waals surface area contributed by atoms with Gasteiger partial charge in [-0.05, 0) is 91.9 Å². The van der Waals surface area contributed by atoms with E-state index in [1.807, 2.05) is 60.1 Å². The number of rotatable bonds is 8. The Morgan fingerprint density at radius 2 is 1.59 bits per heavy atom. The highest BCUT2D eigenvalue weighted by Gasteiger charge is 2.40. The van der Waals surface area contributed by atoms with Crippen molar-refractivity contribution in [2.24, 2.45) is 0 Å². The summed E-state index contributed by atoms with van der Waals surface area (Å²) in [5.41, 5.74) is 3.74. The molecule has 6 rings (SSSR count). The summed E-state index contributed by atoms with van der Waals surface area (Å²) in [6.07, 6.45) is 6.51. The third kappa shape index (κ3) is 5.38. The lowest BCUT2D eigenvalue weighted by Crippen LogP contribution is -2.46. The number of nitrogens with zero attached hydrogens (tertiary/aromatic N) is 2. The molecule has 1 aromatic heterocycles. The molecule has 0 radical (unpaired) electrons. The number of nitrogens with one attached hydrogen (secondary N) is 1. The predicted molar refractivity (Wildman–Crippen MR) is 146 cm³/mol. The summed E-state index contributed by atoms with van der Waals surface area (Å²) in [7, 11) is 0. The molecule has 2 saturated heterocycles. The van der Waals surface area contributed by atoms with Crippen LogP contribution in [0.5, 0.6) is 11.5 Å². The molecular weight excluding hydrogens is 482 g/mol. The summed E-state index contributed by atoms with van der Waals surface area (Å²) in [4.78, 5) is 18.1. The zero-order chi connectivity index (χ0) is 25.2. The molecule has 7 heteroatoms. The van der Waals surface area contributed by atoms with Gasteiger partial charge in [-0.3, -0.25) is 4.90 Å². The van der Waals surface area contributed by atoms with E-state index < -0.39 is 5.97 Å². The van der Waals surface area contributed by atoms with Crippen LogP contribution in [0.15, 0.2) is 84.4 Å². The second-order valence-corrected chi connectivity index (χ2v) is 10.8. The highest BCUT2D eigenvalue weighted by molar-refractivity contribution is 7.13. The number of carbonyl (C=O) groups is 1. The number of hydrogen-bond donors (Lipinski definition) is 2. The molecule has 1 unspecified atom stereocenters. The lowest BCUT2D eigenvalue weighted by molar-refractivity contribution is 0.0696. The number of anilines is 1. The molecule has 4 aromatic rings. The minimum atomic E-state index is -0.876. The molecule has 2 bridgehead atoms. The zero-order valence-electron chi connectivity index (χ0n) is 20.4. The van der Waals surface area contributed by atoms with Gasteiger partial charge in [0.05, 0.1) is 5.56 Å². The van der Waals surface area contributed by atoms with Crippen molar-refractivity contribution in [3.8, 4) is 22.1 Å². The highest BCUT2D eigenvalue weighted by atomic mass is 32.1. The average molecular weight is 512 g/mol. The van der Waals surface area contributed by atoms with Gasteiger partial charge in [-0.15, -0.1) is 11.3 Å². The topological polar surface area (TPSA) is 74.7 Å². The summed E-state index contributed by atoms with van der Waals surface area (Å²) in [6, 6.07) is 25.1. The van der Waals surface area contributed by atoms with Crippen molar-refractivity contribution in [3.05, 3.63) is 95.5 Å². The van der Waals surface area contributed by atoms with Gasteiger partial charge in [0.1, 0.15) is 16.5 Å². The number of piperidine rings is 1. The molecule has 2 aliphatic heterocycles. The smallest absolute Gasteiger partial charge is 0.335 e. The van der Waals surface area contributed by atoms with Crippen LogP contribution in [0.25, 0.3) is 10.6 Å². The Balaban J connectivity index is 1.03. The van der Waals surface area contributed by atoms with Gasteiger partial charge < -0.3 is 15.2 Å². The Labute approximate surface area is 220 Å². The number of hydrogen-bond acceptors (Lipinski definition) is 6. The number of carboxylic acids is 1. The second kappa shape index (κ2) is 10.4. The van der Waals surface area contributed by atoms with Crippen LogP contribution in [0.1, 0.15) is 41.6 Å². The van der Waals surface area contributed by atoms with Crippen molar-refractivity contribution >= 4 is 23.0 Å². The number of carboxylic acid groups (broad SMARTS) is 1. The molecule has 2 aliphatic rings. The predicted octanol–water partition coefficient (Wildman–Crippen LogP) is 6.91. The Bertz CT molecular complexity index is 1320. The van der Waals surface area contributed by atoms with Gasteiger partial charge in [0, 0.05) is 47.5 Å². The van der Waals surface area contributed by atoms with Crippen LogP contribution in [0.3, 0.4) is 0 Å². The zero-order valence-corrected chi connectivity index (χ0v) is 21.2. The standard InChI is InChI=1S/C30H29N3O3S/c34-30(35)22-3-1-20(2-4-22)19-33-25-9-10-26(33)18-24(17-25)32-23-7-13-28(14-8-23)36-27-11-5-21(6-12-27)29-31-15-16-37-29/h1-8,11-16,24-26,32H,9-10,17-19H2,(H,34,35)/t24?,25-,26+. The largest absolute Gasteiger partial charge is 0.478 e. The normalized spacial score (nSPS) is 21.0. The molecule has 188 valence electrons. The maximum Gasteiger partial charge on any atom is 0.335 e. The van der Waals surface area contributed by atoms with E-state index in [1.165, 1.54) is 18.4 Å². The molecule has 6 nitrogen and oxygen atoms in total. The highest BCUT2D eigenvalue weighted by Crippen LogP contribution is 2.38. The minimum Gasteiger partial charge on any atom is -0.478 e. The maximum absolute atomic E-state index is 11.1. The summed E-state index contributed by atoms with van der Waals surface area (Å²) < 4.78 is 6.05. The Morgan fingerprint density at radius 1 is 0.946 bits per heavy atom. The van der Waals surface area contributed by atoms with E-state index in [-0.39, 0.29) is 0 Å². The molecule has 3 aromatic carbocycles. The summed E-state index contributed by atoms with van der Waals surface area (Å²) >= 11 is 1.63. The van der Waals surface area contributed by atoms with E-state index in [0.29, 0.717) is 23.7 Å². The molecule has 0 amide bonds. The van der Waals surface area contributed by atoms with E-state index in [1.54, 1.807) is 23.5 Å². The van der Waals surface area contributed by atoms with Gasteiger partial charge >= 0.3 is 5.97 Å². The first kappa shape index (κ1) is 23.7. The summed E-state index contributed by atoms with van der Waals surface area (Å²) in [6.45, 7) is 0.888. The van der Waals surface area contributed by atoms with E-state index in [2.05, 4.69) is 27.3 Å². The molecular formula is C30H29N3O3S. The fraction of sp³-hybridized carbons (Fsp3) is 0.267. The fourth-order valence-electron chi connectivity index (χ4n) is 5.64. The van der Waals surface area contributed by atoms with E-state index in [0.717, 1.165) is 47.1 Å². The minimum absolute atomic E-state index is 0.343. The van der Waals surface area contributed by atoms with Gasteiger partial charge in [-0.25, -0.2) is 9.78 Å². The van der Waals surface area contributed by atoms with Crippen molar-refractivity contribution in [3.63, 3.8) is 0 Å². The van der Waals surface area contributed by atoms with Crippen LogP contribution < -0.4 is 10.1 Å². The quantitative estimate of drug-likeness (QED) is 0.268. The molecule has 3 heterocycles. The van der Waals surface area contributed by atoms with Gasteiger partial charge in [-0.2, -0.15) is 0 Å². The Hall–Kier alpha value is -3.68. The molecule has 3 atom stereocenters. The fourth-order valence-corrected chi connectivity index (χ4v) is 6.28. The second-order valence-electron chi connectivity index (χ2n) is 9.86. The van der Waals surface area contributed by atoms with E-state index in [9.17, 15) is 4.79 Å². The molecule has 0 spiro atoms. The number of thiazole rings is 1. The third-order valence-electron chi connectivity index (χ3n) is 7.44. The van der Waals surface area contributed by atoms with Gasteiger partial charge in [0.25, 0.3) is 0 Å². The van der Waals surface area contributed by atoms with Crippen molar-refractivity contribution in [2.45, 2.75) is 50.4 Å². The first-order valence-electron chi connectivity index (χ1n) is 12.7. The third-order valence-corrected chi connectivity index (χ3v) is 8.27. The van der Waals surface area contributed by atoms with Gasteiger partial charge in [0.15, 0.2) is 0 Å². The van der Waals surface area contributed by atoms with Crippen LogP contribution >= 0.6 is 11.3 Å². The van der Waals surface area contributed by atoms with Gasteiger partial charge in [-0.1, -0.05) is 12.1 Å². The SMILES string of the molecule is O=C(O)c1ccc(CN2[C@@H]3CC[C@H]2CC(Nc2ccc(Oc4ccc(-c5nccs5)cc4)cc2)C3)cc1. The molecule has 2 fully saturated rings. The molecule has 0 aliphatic carbocycles. The van der Waals surface area contributed by atoms with Crippen LogP contribution in [0, 0.1) is 0 Å². The first-order chi connectivity index (χ1) is 18.1. The lowest BCUT2D eigenvalue weighted by Gasteiger charge is -2.39. The Morgan fingerprint density at radius 3 is 2.19 bits per heavy atom. The average Bonchev–Trinajstić information content (AvgIpc) is 3.52. The van der Waals surface area contributed by atoms with Crippen molar-refractivity contribution in [2.75, 3.05) is 5.32 Å². The number of ether oxygens (including phenoxy) is 1. The van der Waals surface area contributed by atoms with Crippen molar-refractivity contribution < 1.29 is 14.6 Å². The van der Waals surface area contributed by atoms with Crippen LogP contribution in [-0.2, 0) is 6.54 Å². The number of benzene rings is 3. The maximum atomic E-state index is 11.1. The number of aromatic nitrogens is 1. The van der Waals surface area contributed by atoms with Crippen molar-refractivity contribution in [1.82, 2.24) is 9.88 Å². The van der Waals surface area contributed by atoms with E-state index >= 15 is 0 Å². The van der Waals surface area contributed by atoms with Crippen LogP contribution in [0.2, 0.25) is 0 Å². The van der Waals surface area contributed by atoms with E-state index in [4.69, 9.17) is 9.84 Å². The number of fused-ring (bicyclic) bond motifs is 2.